The second-order valence-electron chi connectivity index (χ2n) is 10.5. The first-order chi connectivity index (χ1) is 14.7. The lowest BCUT2D eigenvalue weighted by Crippen LogP contribution is -2.58. The number of nitrogens with zero attached hydrogens (tertiary/aromatic N) is 1. The van der Waals surface area contributed by atoms with Crippen molar-refractivity contribution in [2.75, 3.05) is 46.6 Å². The fourth-order valence-corrected chi connectivity index (χ4v) is 5.52. The molecule has 31 heavy (non-hydrogen) atoms. The van der Waals surface area contributed by atoms with E-state index in [4.69, 9.17) is 14.2 Å². The van der Waals surface area contributed by atoms with E-state index in [1.807, 2.05) is 24.3 Å². The van der Waals surface area contributed by atoms with Gasteiger partial charge in [-0.05, 0) is 42.7 Å². The van der Waals surface area contributed by atoms with Crippen LogP contribution in [0.5, 0.6) is 0 Å². The van der Waals surface area contributed by atoms with Crippen LogP contribution in [0.1, 0.15) is 56.0 Å². The van der Waals surface area contributed by atoms with E-state index in [-0.39, 0.29) is 12.1 Å². The summed E-state index contributed by atoms with van der Waals surface area (Å²) < 4.78 is 17.4. The lowest BCUT2D eigenvalue weighted by atomic mass is 9.71. The Morgan fingerprint density at radius 1 is 1.23 bits per heavy atom. The van der Waals surface area contributed by atoms with Crippen LogP contribution in [0.3, 0.4) is 0 Å². The molecule has 1 saturated heterocycles. The molecule has 2 fully saturated rings. The molecule has 3 rings (SSSR count). The minimum atomic E-state index is -0.507. The molecule has 3 atom stereocenters. The number of ether oxygens (including phenoxy) is 3. The summed E-state index contributed by atoms with van der Waals surface area (Å²) in [5.74, 6) is 0.339. The Hall–Kier alpha value is -1.47. The molecule has 1 saturated carbocycles. The number of carbonyl (C=O) groups excluding carboxylic acids is 1. The third-order valence-electron chi connectivity index (χ3n) is 6.78. The molecule has 2 aliphatic rings. The van der Waals surface area contributed by atoms with Crippen LogP contribution in [-0.2, 0) is 20.8 Å². The molecule has 6 nitrogen and oxygen atoms in total. The van der Waals surface area contributed by atoms with Crippen LogP contribution < -0.4 is 0 Å². The van der Waals surface area contributed by atoms with E-state index in [1.54, 1.807) is 0 Å². The zero-order valence-electron chi connectivity index (χ0n) is 19.6. The van der Waals surface area contributed by atoms with Crippen molar-refractivity contribution in [3.8, 4) is 0 Å². The highest BCUT2D eigenvalue weighted by Gasteiger charge is 2.35. The molecule has 0 amide bonds. The number of benzene rings is 1. The molecule has 0 radical (unpaired) electrons. The Kier molecular flexibility index (Phi) is 8.14. The highest BCUT2D eigenvalue weighted by atomic mass is 16.5. The number of quaternary nitrogens is 1. The molecule has 1 aliphatic heterocycles. The monoisotopic (exact) mass is 434 g/mol. The summed E-state index contributed by atoms with van der Waals surface area (Å²) >= 11 is 0. The maximum atomic E-state index is 11.7. The highest BCUT2D eigenvalue weighted by Crippen LogP contribution is 2.39. The van der Waals surface area contributed by atoms with E-state index >= 15 is 0 Å². The zero-order chi connectivity index (χ0) is 22.5. The zero-order valence-corrected chi connectivity index (χ0v) is 19.6. The number of aliphatic hydroxyl groups is 1. The lowest BCUT2D eigenvalue weighted by Gasteiger charge is -2.43. The SMILES string of the molecule is COC(=O)c1ccc(C[N+]2(C[C@@H](O)CO[C@@H]3C[C@H](C)CC(C)(C)C3)CCOCC2)cc1. The van der Waals surface area contributed by atoms with Gasteiger partial charge in [-0.1, -0.05) is 32.9 Å². The number of hydrogen-bond acceptors (Lipinski definition) is 5. The number of hydrogen-bond donors (Lipinski definition) is 1. The maximum Gasteiger partial charge on any atom is 0.337 e. The van der Waals surface area contributed by atoms with Gasteiger partial charge in [0, 0.05) is 5.56 Å². The van der Waals surface area contributed by atoms with Crippen molar-refractivity contribution < 1.29 is 28.6 Å². The van der Waals surface area contributed by atoms with Crippen molar-refractivity contribution in [2.45, 2.75) is 58.8 Å². The number of morpholine rings is 1. The van der Waals surface area contributed by atoms with E-state index in [9.17, 15) is 9.90 Å². The van der Waals surface area contributed by atoms with Gasteiger partial charge in [0.2, 0.25) is 0 Å². The summed E-state index contributed by atoms with van der Waals surface area (Å²) in [5, 5.41) is 10.9. The molecule has 1 aliphatic carbocycles. The molecule has 174 valence electrons. The number of esters is 1. The normalized spacial score (nSPS) is 26.2. The van der Waals surface area contributed by atoms with Gasteiger partial charge in [-0.15, -0.1) is 0 Å². The van der Waals surface area contributed by atoms with E-state index in [2.05, 4.69) is 20.8 Å². The van der Waals surface area contributed by atoms with Gasteiger partial charge in [-0.25, -0.2) is 4.79 Å². The molecule has 6 heteroatoms. The second-order valence-corrected chi connectivity index (χ2v) is 10.5. The number of rotatable bonds is 8. The molecule has 1 aromatic rings. The highest BCUT2D eigenvalue weighted by molar-refractivity contribution is 5.89. The van der Waals surface area contributed by atoms with Gasteiger partial charge >= 0.3 is 5.97 Å². The molecule has 0 aromatic heterocycles. The first-order valence-corrected chi connectivity index (χ1v) is 11.6. The summed E-state index contributed by atoms with van der Waals surface area (Å²) in [6.07, 6.45) is 3.11. The molecule has 1 N–H and O–H groups in total. The van der Waals surface area contributed by atoms with Crippen LogP contribution in [0.25, 0.3) is 0 Å². The molecule has 1 heterocycles. The maximum absolute atomic E-state index is 11.7. The fraction of sp³-hybridized carbons (Fsp3) is 0.720. The summed E-state index contributed by atoms with van der Waals surface area (Å²) in [6, 6.07) is 7.58. The van der Waals surface area contributed by atoms with E-state index in [1.165, 1.54) is 13.5 Å². The van der Waals surface area contributed by atoms with Gasteiger partial charge in [0.15, 0.2) is 0 Å². The van der Waals surface area contributed by atoms with Crippen molar-refractivity contribution >= 4 is 5.97 Å². The average Bonchev–Trinajstić information content (AvgIpc) is 2.71. The number of methoxy groups -OCH3 is 1. The Morgan fingerprint density at radius 3 is 2.52 bits per heavy atom. The fourth-order valence-electron chi connectivity index (χ4n) is 5.52. The molecular weight excluding hydrogens is 394 g/mol. The lowest BCUT2D eigenvalue weighted by molar-refractivity contribution is -0.950. The van der Waals surface area contributed by atoms with Crippen molar-refractivity contribution in [2.24, 2.45) is 11.3 Å². The van der Waals surface area contributed by atoms with Crippen LogP contribution in [0, 0.1) is 11.3 Å². The van der Waals surface area contributed by atoms with Crippen LogP contribution in [-0.4, -0.2) is 74.3 Å². The van der Waals surface area contributed by atoms with Crippen LogP contribution in [0.2, 0.25) is 0 Å². The average molecular weight is 435 g/mol. The molecule has 1 aromatic carbocycles. The number of aliphatic hydroxyl groups excluding tert-OH is 1. The van der Waals surface area contributed by atoms with Crippen molar-refractivity contribution in [3.63, 3.8) is 0 Å². The topological polar surface area (TPSA) is 65.0 Å². The van der Waals surface area contributed by atoms with E-state index < -0.39 is 6.10 Å². The first-order valence-electron chi connectivity index (χ1n) is 11.6. The predicted octanol–water partition coefficient (Wildman–Crippen LogP) is 3.41. The van der Waals surface area contributed by atoms with E-state index in [0.717, 1.165) is 42.5 Å². The van der Waals surface area contributed by atoms with Crippen molar-refractivity contribution in [1.82, 2.24) is 0 Å². The standard InChI is InChI=1S/C25H40NO5/c1-19-13-23(15-25(2,3)14-19)31-18-22(27)17-26(9-11-30-12-10-26)16-20-5-7-21(8-6-20)24(28)29-4/h5-8,19,22-23,27H,9-18H2,1-4H3/q+1/t19-,22+,23+/m0/s1. The predicted molar refractivity (Wildman–Crippen MR) is 120 cm³/mol. The van der Waals surface area contributed by atoms with Crippen LogP contribution in [0.4, 0.5) is 0 Å². The van der Waals surface area contributed by atoms with Crippen LogP contribution >= 0.6 is 0 Å². The number of carbonyl (C=O) groups is 1. The van der Waals surface area contributed by atoms with E-state index in [0.29, 0.717) is 43.3 Å². The second kappa shape index (κ2) is 10.4. The van der Waals surface area contributed by atoms with Gasteiger partial charge in [0.05, 0.1) is 38.6 Å². The third-order valence-corrected chi connectivity index (χ3v) is 6.78. The molecule has 0 bridgehead atoms. The van der Waals surface area contributed by atoms with Gasteiger partial charge in [0.1, 0.15) is 32.3 Å². The summed E-state index contributed by atoms with van der Waals surface area (Å²) in [7, 11) is 1.39. The van der Waals surface area contributed by atoms with Crippen molar-refractivity contribution in [1.29, 1.82) is 0 Å². The Balaban J connectivity index is 1.59. The Morgan fingerprint density at radius 2 is 1.90 bits per heavy atom. The molecule has 0 unspecified atom stereocenters. The van der Waals surface area contributed by atoms with Gasteiger partial charge in [-0.3, -0.25) is 0 Å². The first kappa shape index (κ1) is 24.2. The molecule has 0 spiro atoms. The third kappa shape index (κ3) is 7.01. The quantitative estimate of drug-likeness (QED) is 0.502. The van der Waals surface area contributed by atoms with Gasteiger partial charge in [-0.2, -0.15) is 0 Å². The van der Waals surface area contributed by atoms with Gasteiger partial charge in [0.25, 0.3) is 0 Å². The Labute approximate surface area is 187 Å². The molecular formula is C25H40NO5+. The van der Waals surface area contributed by atoms with Crippen LogP contribution in [0.15, 0.2) is 24.3 Å². The van der Waals surface area contributed by atoms with Gasteiger partial charge < -0.3 is 23.8 Å². The minimum absolute atomic E-state index is 0.234. The summed E-state index contributed by atoms with van der Waals surface area (Å²) in [6.45, 7) is 11.9. The van der Waals surface area contributed by atoms with Crippen molar-refractivity contribution in [3.05, 3.63) is 35.4 Å². The Bertz CT molecular complexity index is 711. The largest absolute Gasteiger partial charge is 0.465 e. The minimum Gasteiger partial charge on any atom is -0.465 e. The smallest absolute Gasteiger partial charge is 0.337 e. The summed E-state index contributed by atoms with van der Waals surface area (Å²) in [5.41, 5.74) is 2.00. The summed E-state index contributed by atoms with van der Waals surface area (Å²) in [4.78, 5) is 11.7.